The third-order valence-electron chi connectivity index (χ3n) is 4.76. The van der Waals surface area contributed by atoms with E-state index in [0.29, 0.717) is 6.54 Å². The van der Waals surface area contributed by atoms with Crippen molar-refractivity contribution in [3.05, 3.63) is 35.9 Å². The number of piperidine rings is 1. The average Bonchev–Trinajstić information content (AvgIpc) is 3.05. The maximum atomic E-state index is 12.3. The van der Waals surface area contributed by atoms with Crippen molar-refractivity contribution in [2.24, 2.45) is 5.73 Å². The zero-order valence-electron chi connectivity index (χ0n) is 14.4. The lowest BCUT2D eigenvalue weighted by Crippen LogP contribution is -2.50. The predicted octanol–water partition coefficient (Wildman–Crippen LogP) is 2.12. The summed E-state index contributed by atoms with van der Waals surface area (Å²) >= 11 is 0. The lowest BCUT2D eigenvalue weighted by molar-refractivity contribution is -0.133. The number of nitrogens with one attached hydrogen (secondary N) is 1. The van der Waals surface area contributed by atoms with Gasteiger partial charge in [-0.15, -0.1) is 24.8 Å². The summed E-state index contributed by atoms with van der Waals surface area (Å²) < 4.78 is 5.69. The topological polar surface area (TPSA) is 67.6 Å². The number of likely N-dealkylation sites (tertiary alicyclic amines) is 1. The van der Waals surface area contributed by atoms with Gasteiger partial charge in [0.05, 0.1) is 6.10 Å². The SMILES string of the molecule is Cl.Cl.NC[C@H]1CC[C@@H](C(=O)NC2CCCN(Cc3ccccc3)C2)O1. The van der Waals surface area contributed by atoms with Crippen molar-refractivity contribution < 1.29 is 9.53 Å². The maximum Gasteiger partial charge on any atom is 0.249 e. The maximum absolute atomic E-state index is 12.3. The van der Waals surface area contributed by atoms with Crippen LogP contribution in [0.25, 0.3) is 0 Å². The number of amides is 1. The molecular weight excluding hydrogens is 361 g/mol. The number of benzene rings is 1. The first-order chi connectivity index (χ1) is 11.2. The van der Waals surface area contributed by atoms with E-state index in [2.05, 4.69) is 34.5 Å². The van der Waals surface area contributed by atoms with Crippen LogP contribution in [0.15, 0.2) is 30.3 Å². The molecule has 5 nitrogen and oxygen atoms in total. The normalized spacial score (nSPS) is 26.4. The molecule has 142 valence electrons. The molecule has 0 saturated carbocycles. The number of rotatable bonds is 5. The van der Waals surface area contributed by atoms with Crippen molar-refractivity contribution in [3.8, 4) is 0 Å². The van der Waals surface area contributed by atoms with Crippen LogP contribution in [0.5, 0.6) is 0 Å². The van der Waals surface area contributed by atoms with Crippen LogP contribution in [-0.2, 0) is 16.1 Å². The lowest BCUT2D eigenvalue weighted by atomic mass is 10.0. The molecule has 3 rings (SSSR count). The summed E-state index contributed by atoms with van der Waals surface area (Å²) in [6, 6.07) is 10.7. The van der Waals surface area contributed by atoms with Crippen LogP contribution in [0.2, 0.25) is 0 Å². The van der Waals surface area contributed by atoms with Crippen LogP contribution in [0.3, 0.4) is 0 Å². The molecule has 3 N–H and O–H groups in total. The van der Waals surface area contributed by atoms with Crippen molar-refractivity contribution in [2.75, 3.05) is 19.6 Å². The molecule has 2 heterocycles. The lowest BCUT2D eigenvalue weighted by Gasteiger charge is -2.33. The largest absolute Gasteiger partial charge is 0.364 e. The fraction of sp³-hybridized carbons (Fsp3) is 0.611. The van der Waals surface area contributed by atoms with Gasteiger partial charge in [-0.2, -0.15) is 0 Å². The second-order valence-electron chi connectivity index (χ2n) is 6.63. The summed E-state index contributed by atoms with van der Waals surface area (Å²) in [5.41, 5.74) is 6.93. The van der Waals surface area contributed by atoms with Gasteiger partial charge < -0.3 is 15.8 Å². The Kier molecular flexibility index (Phi) is 9.75. The first-order valence-electron chi connectivity index (χ1n) is 8.67. The smallest absolute Gasteiger partial charge is 0.249 e. The molecule has 0 aromatic heterocycles. The van der Waals surface area contributed by atoms with E-state index >= 15 is 0 Å². The van der Waals surface area contributed by atoms with E-state index in [1.807, 2.05) is 6.07 Å². The van der Waals surface area contributed by atoms with Gasteiger partial charge >= 0.3 is 0 Å². The van der Waals surface area contributed by atoms with E-state index in [4.69, 9.17) is 10.5 Å². The molecule has 1 unspecified atom stereocenters. The molecule has 1 aromatic rings. The number of nitrogens with zero attached hydrogens (tertiary/aromatic N) is 1. The van der Waals surface area contributed by atoms with Crippen molar-refractivity contribution in [1.29, 1.82) is 0 Å². The van der Waals surface area contributed by atoms with Crippen LogP contribution in [-0.4, -0.2) is 48.7 Å². The van der Waals surface area contributed by atoms with Gasteiger partial charge in [0.2, 0.25) is 5.91 Å². The van der Waals surface area contributed by atoms with Gasteiger partial charge in [-0.25, -0.2) is 0 Å². The first-order valence-corrected chi connectivity index (χ1v) is 8.67. The Labute approximate surface area is 162 Å². The molecule has 25 heavy (non-hydrogen) atoms. The monoisotopic (exact) mass is 389 g/mol. The number of hydrogen-bond acceptors (Lipinski definition) is 4. The summed E-state index contributed by atoms with van der Waals surface area (Å²) in [7, 11) is 0. The summed E-state index contributed by atoms with van der Waals surface area (Å²) in [5.74, 6) is 0.0347. The molecule has 2 saturated heterocycles. The summed E-state index contributed by atoms with van der Waals surface area (Å²) in [6.07, 6.45) is 3.58. The van der Waals surface area contributed by atoms with E-state index in [9.17, 15) is 4.79 Å². The average molecular weight is 390 g/mol. The summed E-state index contributed by atoms with van der Waals surface area (Å²) in [6.45, 7) is 3.45. The molecule has 0 bridgehead atoms. The minimum atomic E-state index is -0.312. The highest BCUT2D eigenvalue weighted by atomic mass is 35.5. The van der Waals surface area contributed by atoms with Crippen LogP contribution in [0.4, 0.5) is 0 Å². The molecule has 2 fully saturated rings. The molecule has 1 amide bonds. The zero-order chi connectivity index (χ0) is 16.1. The highest BCUT2D eigenvalue weighted by Crippen LogP contribution is 2.20. The second kappa shape index (κ2) is 11.0. The van der Waals surface area contributed by atoms with E-state index < -0.39 is 0 Å². The Morgan fingerprint density at radius 2 is 1.96 bits per heavy atom. The van der Waals surface area contributed by atoms with Gasteiger partial charge in [-0.3, -0.25) is 9.69 Å². The number of hydrogen-bond donors (Lipinski definition) is 2. The molecule has 7 heteroatoms. The molecule has 3 atom stereocenters. The molecule has 2 aliphatic rings. The predicted molar refractivity (Wildman–Crippen MR) is 104 cm³/mol. The van der Waals surface area contributed by atoms with Gasteiger partial charge in [0.25, 0.3) is 0 Å². The van der Waals surface area contributed by atoms with Crippen LogP contribution < -0.4 is 11.1 Å². The number of carbonyl (C=O) groups is 1. The Morgan fingerprint density at radius 1 is 1.20 bits per heavy atom. The van der Waals surface area contributed by atoms with Gasteiger partial charge in [-0.05, 0) is 37.8 Å². The Hall–Kier alpha value is -0.850. The first kappa shape index (κ1) is 22.2. The number of halogens is 2. The van der Waals surface area contributed by atoms with Gasteiger partial charge in [0, 0.05) is 25.7 Å². The van der Waals surface area contributed by atoms with Crippen LogP contribution in [0, 0.1) is 0 Å². The van der Waals surface area contributed by atoms with Gasteiger partial charge in [0.1, 0.15) is 6.10 Å². The van der Waals surface area contributed by atoms with E-state index in [-0.39, 0.29) is 49.0 Å². The standard InChI is InChI=1S/C18H27N3O2.2ClH/c19-11-16-8-9-17(23-16)18(22)20-15-7-4-10-21(13-15)12-14-5-2-1-3-6-14;;/h1-3,5-6,15-17H,4,7-13,19H2,(H,20,22);2*1H/t15?,16-,17+;;/m1../s1. The minimum Gasteiger partial charge on any atom is -0.364 e. The molecule has 0 spiro atoms. The van der Waals surface area contributed by atoms with Crippen molar-refractivity contribution in [1.82, 2.24) is 10.2 Å². The van der Waals surface area contributed by atoms with Crippen molar-refractivity contribution in [2.45, 2.75) is 50.5 Å². The van der Waals surface area contributed by atoms with Crippen LogP contribution >= 0.6 is 24.8 Å². The van der Waals surface area contributed by atoms with E-state index in [0.717, 1.165) is 45.3 Å². The number of carbonyl (C=O) groups excluding carboxylic acids is 1. The van der Waals surface area contributed by atoms with Crippen LogP contribution in [0.1, 0.15) is 31.2 Å². The molecule has 0 radical (unpaired) electrons. The Bertz CT molecular complexity index is 518. The zero-order valence-corrected chi connectivity index (χ0v) is 16.1. The summed E-state index contributed by atoms with van der Waals surface area (Å²) in [4.78, 5) is 14.8. The molecule has 2 aliphatic heterocycles. The summed E-state index contributed by atoms with van der Waals surface area (Å²) in [5, 5.41) is 3.17. The van der Waals surface area contributed by atoms with Gasteiger partial charge in [-0.1, -0.05) is 30.3 Å². The molecule has 0 aliphatic carbocycles. The number of nitrogens with two attached hydrogens (primary N) is 1. The van der Waals surface area contributed by atoms with Crippen molar-refractivity contribution >= 4 is 30.7 Å². The van der Waals surface area contributed by atoms with Gasteiger partial charge in [0.15, 0.2) is 0 Å². The Balaban J connectivity index is 0.00000156. The fourth-order valence-corrected chi connectivity index (χ4v) is 3.52. The minimum absolute atomic E-state index is 0. The van der Waals surface area contributed by atoms with Crippen molar-refractivity contribution in [3.63, 3.8) is 0 Å². The second-order valence-corrected chi connectivity index (χ2v) is 6.63. The van der Waals surface area contributed by atoms with E-state index in [1.165, 1.54) is 5.56 Å². The highest BCUT2D eigenvalue weighted by Gasteiger charge is 2.31. The third kappa shape index (κ3) is 6.42. The fourth-order valence-electron chi connectivity index (χ4n) is 3.52. The highest BCUT2D eigenvalue weighted by molar-refractivity contribution is 5.85. The molecule has 1 aromatic carbocycles. The molecular formula is C18H29Cl2N3O2. The third-order valence-corrected chi connectivity index (χ3v) is 4.76. The number of ether oxygens (including phenoxy) is 1. The Morgan fingerprint density at radius 3 is 2.64 bits per heavy atom. The quantitative estimate of drug-likeness (QED) is 0.808. The van der Waals surface area contributed by atoms with E-state index in [1.54, 1.807) is 0 Å².